The van der Waals surface area contributed by atoms with Crippen molar-refractivity contribution in [1.29, 1.82) is 0 Å². The first-order chi connectivity index (χ1) is 8.70. The first kappa shape index (κ1) is 15.4. The number of halogens is 4. The molecular formula is C12H14F4N2O. The van der Waals surface area contributed by atoms with E-state index in [1.54, 1.807) is 14.1 Å². The minimum Gasteiger partial charge on any atom is -0.345 e. The smallest absolute Gasteiger partial charge is 0.345 e. The second-order valence-corrected chi connectivity index (χ2v) is 4.25. The van der Waals surface area contributed by atoms with Gasteiger partial charge in [0.15, 0.2) is 0 Å². The Morgan fingerprint density at radius 2 is 1.79 bits per heavy atom. The lowest BCUT2D eigenvalue weighted by molar-refractivity contribution is -0.141. The molecule has 0 saturated carbocycles. The minimum atomic E-state index is -4.46. The Labute approximate surface area is 108 Å². The van der Waals surface area contributed by atoms with Crippen LogP contribution in [0.15, 0.2) is 24.3 Å². The van der Waals surface area contributed by atoms with Gasteiger partial charge in [-0.1, -0.05) is 12.1 Å². The van der Waals surface area contributed by atoms with Crippen LogP contribution in [-0.2, 0) is 4.79 Å². The SMILES string of the molecule is CN(C)[C@@H](C(=O)NCC(F)(F)F)c1ccc(F)cc1. The standard InChI is InChI=1S/C12H14F4N2O/c1-18(2)10(8-3-5-9(13)6-4-8)11(19)17-7-12(14,15)16/h3-6,10H,7H2,1-2H3,(H,17,19)/t10-/m1/s1. The lowest BCUT2D eigenvalue weighted by atomic mass is 10.1. The molecule has 7 heteroatoms. The summed E-state index contributed by atoms with van der Waals surface area (Å²) in [4.78, 5) is 13.2. The average molecular weight is 278 g/mol. The predicted octanol–water partition coefficient (Wildman–Crippen LogP) is 2.11. The zero-order valence-corrected chi connectivity index (χ0v) is 10.5. The van der Waals surface area contributed by atoms with E-state index in [1.807, 2.05) is 5.32 Å². The van der Waals surface area contributed by atoms with Crippen molar-refractivity contribution in [2.24, 2.45) is 0 Å². The number of hydrogen-bond donors (Lipinski definition) is 1. The molecule has 1 aromatic carbocycles. The zero-order valence-electron chi connectivity index (χ0n) is 10.5. The Bertz CT molecular complexity index is 428. The molecule has 0 aliphatic heterocycles. The molecule has 1 amide bonds. The van der Waals surface area contributed by atoms with Crippen molar-refractivity contribution in [2.45, 2.75) is 12.2 Å². The quantitative estimate of drug-likeness (QED) is 0.855. The van der Waals surface area contributed by atoms with Gasteiger partial charge in [-0.05, 0) is 31.8 Å². The van der Waals surface area contributed by atoms with Crippen LogP contribution in [0.1, 0.15) is 11.6 Å². The lowest BCUT2D eigenvalue weighted by Gasteiger charge is -2.24. The normalized spacial score (nSPS) is 13.4. The molecule has 1 aromatic rings. The fraction of sp³-hybridized carbons (Fsp3) is 0.417. The third-order valence-corrected chi connectivity index (χ3v) is 2.41. The maximum atomic E-state index is 12.8. The topological polar surface area (TPSA) is 32.3 Å². The van der Waals surface area contributed by atoms with Gasteiger partial charge in [-0.15, -0.1) is 0 Å². The van der Waals surface area contributed by atoms with Crippen LogP contribution in [0.4, 0.5) is 17.6 Å². The number of nitrogens with zero attached hydrogens (tertiary/aromatic N) is 1. The van der Waals surface area contributed by atoms with Crippen molar-refractivity contribution >= 4 is 5.91 Å². The summed E-state index contributed by atoms with van der Waals surface area (Å²) in [6.07, 6.45) is -4.46. The van der Waals surface area contributed by atoms with Gasteiger partial charge >= 0.3 is 6.18 Å². The van der Waals surface area contributed by atoms with E-state index in [2.05, 4.69) is 0 Å². The molecule has 0 radical (unpaired) electrons. The molecule has 106 valence electrons. The Hall–Kier alpha value is -1.63. The van der Waals surface area contributed by atoms with Crippen LogP contribution >= 0.6 is 0 Å². The van der Waals surface area contributed by atoms with E-state index in [4.69, 9.17) is 0 Å². The van der Waals surface area contributed by atoms with Gasteiger partial charge in [-0.2, -0.15) is 13.2 Å². The van der Waals surface area contributed by atoms with Crippen LogP contribution in [0, 0.1) is 5.82 Å². The summed E-state index contributed by atoms with van der Waals surface area (Å²) in [5, 5.41) is 1.82. The van der Waals surface area contributed by atoms with Crippen LogP contribution in [0.3, 0.4) is 0 Å². The summed E-state index contributed by atoms with van der Waals surface area (Å²) in [5.74, 6) is -1.26. The Morgan fingerprint density at radius 3 is 2.21 bits per heavy atom. The molecule has 0 saturated heterocycles. The molecule has 0 aliphatic rings. The number of rotatable bonds is 4. The minimum absolute atomic E-state index is 0.422. The molecule has 1 rings (SSSR count). The van der Waals surface area contributed by atoms with Gasteiger partial charge < -0.3 is 5.32 Å². The van der Waals surface area contributed by atoms with E-state index in [1.165, 1.54) is 17.0 Å². The average Bonchev–Trinajstić information content (AvgIpc) is 2.28. The van der Waals surface area contributed by atoms with Gasteiger partial charge in [0, 0.05) is 0 Å². The van der Waals surface area contributed by atoms with Gasteiger partial charge in [0.25, 0.3) is 0 Å². The summed E-state index contributed by atoms with van der Waals surface area (Å²) in [7, 11) is 3.11. The highest BCUT2D eigenvalue weighted by Crippen LogP contribution is 2.20. The molecule has 19 heavy (non-hydrogen) atoms. The van der Waals surface area contributed by atoms with Gasteiger partial charge in [-0.3, -0.25) is 9.69 Å². The van der Waals surface area contributed by atoms with Crippen LogP contribution in [0.5, 0.6) is 0 Å². The van der Waals surface area contributed by atoms with Crippen LogP contribution in [0.25, 0.3) is 0 Å². The van der Waals surface area contributed by atoms with Crippen molar-refractivity contribution in [2.75, 3.05) is 20.6 Å². The molecule has 0 spiro atoms. The van der Waals surface area contributed by atoms with Crippen LogP contribution in [0.2, 0.25) is 0 Å². The predicted molar refractivity (Wildman–Crippen MR) is 61.9 cm³/mol. The fourth-order valence-corrected chi connectivity index (χ4v) is 1.61. The molecule has 0 aliphatic carbocycles. The Morgan fingerprint density at radius 1 is 1.26 bits per heavy atom. The monoisotopic (exact) mass is 278 g/mol. The van der Waals surface area contributed by atoms with Crippen LogP contribution < -0.4 is 5.32 Å². The number of likely N-dealkylation sites (N-methyl/N-ethyl adjacent to an activating group) is 1. The molecule has 1 atom stereocenters. The van der Waals surface area contributed by atoms with Gasteiger partial charge in [0.2, 0.25) is 5.91 Å². The molecule has 1 N–H and O–H groups in total. The first-order valence-corrected chi connectivity index (χ1v) is 5.47. The van der Waals surface area contributed by atoms with Crippen molar-refractivity contribution in [1.82, 2.24) is 10.2 Å². The second kappa shape index (κ2) is 6.01. The first-order valence-electron chi connectivity index (χ1n) is 5.47. The molecule has 3 nitrogen and oxygen atoms in total. The van der Waals surface area contributed by atoms with Gasteiger partial charge in [0.05, 0.1) is 0 Å². The molecular weight excluding hydrogens is 264 g/mol. The Balaban J connectivity index is 2.83. The Kier molecular flexibility index (Phi) is 4.88. The number of hydrogen-bond acceptors (Lipinski definition) is 2. The number of carbonyl (C=O) groups excluding carboxylic acids is 1. The molecule has 0 bridgehead atoms. The third kappa shape index (κ3) is 4.86. The molecule has 0 unspecified atom stereocenters. The maximum absolute atomic E-state index is 12.8. The van der Waals surface area contributed by atoms with E-state index in [9.17, 15) is 22.4 Å². The number of benzene rings is 1. The van der Waals surface area contributed by atoms with Crippen molar-refractivity contribution in [3.8, 4) is 0 Å². The second-order valence-electron chi connectivity index (χ2n) is 4.25. The van der Waals surface area contributed by atoms with Crippen molar-refractivity contribution < 1.29 is 22.4 Å². The maximum Gasteiger partial charge on any atom is 0.405 e. The number of nitrogens with one attached hydrogen (secondary N) is 1. The van der Waals surface area contributed by atoms with Gasteiger partial charge in [-0.25, -0.2) is 4.39 Å². The summed E-state index contributed by atoms with van der Waals surface area (Å²) < 4.78 is 49.0. The zero-order chi connectivity index (χ0) is 14.6. The summed E-state index contributed by atoms with van der Waals surface area (Å²) in [6, 6.07) is 4.15. The third-order valence-electron chi connectivity index (χ3n) is 2.41. The molecule has 0 heterocycles. The van der Waals surface area contributed by atoms with Gasteiger partial charge in [0.1, 0.15) is 18.4 Å². The lowest BCUT2D eigenvalue weighted by Crippen LogP contribution is -2.41. The van der Waals surface area contributed by atoms with E-state index in [0.717, 1.165) is 12.1 Å². The van der Waals surface area contributed by atoms with Crippen molar-refractivity contribution in [3.05, 3.63) is 35.6 Å². The van der Waals surface area contributed by atoms with Crippen LogP contribution in [-0.4, -0.2) is 37.6 Å². The largest absolute Gasteiger partial charge is 0.405 e. The highest BCUT2D eigenvalue weighted by atomic mass is 19.4. The summed E-state index contributed by atoms with van der Waals surface area (Å²) in [6.45, 7) is -1.39. The summed E-state index contributed by atoms with van der Waals surface area (Å²) >= 11 is 0. The van der Waals surface area contributed by atoms with E-state index in [-0.39, 0.29) is 0 Å². The highest BCUT2D eigenvalue weighted by Gasteiger charge is 2.30. The van der Waals surface area contributed by atoms with Crippen molar-refractivity contribution in [3.63, 3.8) is 0 Å². The highest BCUT2D eigenvalue weighted by molar-refractivity contribution is 5.83. The fourth-order valence-electron chi connectivity index (χ4n) is 1.61. The summed E-state index contributed by atoms with van der Waals surface area (Å²) in [5.41, 5.74) is 0.422. The number of amides is 1. The van der Waals surface area contributed by atoms with E-state index >= 15 is 0 Å². The number of alkyl halides is 3. The molecule has 0 aromatic heterocycles. The molecule has 0 fully saturated rings. The van der Waals surface area contributed by atoms with E-state index < -0.39 is 30.5 Å². The van der Waals surface area contributed by atoms with E-state index in [0.29, 0.717) is 5.56 Å². The number of carbonyl (C=O) groups is 1.